The summed E-state index contributed by atoms with van der Waals surface area (Å²) in [6, 6.07) is 10.6. The summed E-state index contributed by atoms with van der Waals surface area (Å²) >= 11 is 0. The normalized spacial score (nSPS) is 11.2. The largest absolute Gasteiger partial charge is 1.00 e. The molecule has 0 unspecified atom stereocenters. The van der Waals surface area contributed by atoms with E-state index in [0.29, 0.717) is 5.75 Å². The van der Waals surface area contributed by atoms with Crippen LogP contribution in [0.15, 0.2) is 47.4 Å². The number of hydrogen-bond acceptors (Lipinski definition) is 4. The molecule has 0 radical (unpaired) electrons. The molecule has 0 spiro atoms. The third-order valence-corrected chi connectivity index (χ3v) is 6.55. The standard InChI is InChI=1S/C26H38O5S.Na/c1-2-3-4-5-6-7-8-9-10-11-12-13-16-22-19-20-23(32(28,29)30)21-26(22)31-25-18-15-14-17-24(25)27;/h14-15,17-21,27H,2-13,16H2,1H3,(H,28,29,30);/q;+1/p-1. The molecule has 1 N–H and O–H groups in total. The van der Waals surface area contributed by atoms with Gasteiger partial charge in [0, 0.05) is 6.07 Å². The molecule has 0 aliphatic heterocycles. The minimum absolute atomic E-state index is 0. The third kappa shape index (κ3) is 11.8. The van der Waals surface area contributed by atoms with Gasteiger partial charge < -0.3 is 9.84 Å². The van der Waals surface area contributed by atoms with Gasteiger partial charge >= 0.3 is 29.6 Å². The molecule has 0 bridgehead atoms. The van der Waals surface area contributed by atoms with Gasteiger partial charge in [0.25, 0.3) is 10.1 Å². The second-order valence-electron chi connectivity index (χ2n) is 8.43. The Balaban J connectivity index is 0.00000544. The summed E-state index contributed by atoms with van der Waals surface area (Å²) in [5.41, 5.74) is 0.827. The van der Waals surface area contributed by atoms with Gasteiger partial charge in [0.15, 0.2) is 0 Å². The van der Waals surface area contributed by atoms with Crippen LogP contribution >= 0.6 is 0 Å². The molecule has 2 rings (SSSR count). The molecule has 0 amide bonds. The monoisotopic (exact) mass is 484 g/mol. The maximum Gasteiger partial charge on any atom is 1.00 e. The molecule has 0 fully saturated rings. The quantitative estimate of drug-likeness (QED) is 0.221. The van der Waals surface area contributed by atoms with Crippen LogP contribution in [-0.2, 0) is 16.5 Å². The van der Waals surface area contributed by atoms with E-state index in [1.54, 1.807) is 24.3 Å². The Morgan fingerprint density at radius 1 is 0.788 bits per heavy atom. The van der Waals surface area contributed by atoms with Crippen LogP contribution in [0.25, 0.3) is 0 Å². The maximum atomic E-state index is 12.0. The average Bonchev–Trinajstić information content (AvgIpc) is 2.76. The number of rotatable bonds is 16. The first-order chi connectivity index (χ1) is 15.4. The molecule has 0 saturated heterocycles. The van der Waals surface area contributed by atoms with Gasteiger partial charge in [-0.25, -0.2) is 0 Å². The fraction of sp³-hybridized carbons (Fsp3) is 0.538. The zero-order valence-electron chi connectivity index (χ0n) is 20.2. The Bertz CT molecular complexity index is 915. The molecule has 0 saturated carbocycles. The van der Waals surface area contributed by atoms with Crippen molar-refractivity contribution in [1.29, 1.82) is 0 Å². The van der Waals surface area contributed by atoms with E-state index in [2.05, 4.69) is 6.92 Å². The zero-order chi connectivity index (χ0) is 23.2. The fourth-order valence-electron chi connectivity index (χ4n) is 3.81. The van der Waals surface area contributed by atoms with Crippen LogP contribution in [-0.4, -0.2) is 13.0 Å². The fourth-order valence-corrected chi connectivity index (χ4v) is 4.30. The summed E-state index contributed by atoms with van der Waals surface area (Å²) in [6.07, 6.45) is 15.9. The molecule has 0 aliphatic carbocycles. The minimum atomic E-state index is -4.35. The van der Waals surface area contributed by atoms with Crippen molar-refractivity contribution in [2.75, 3.05) is 0 Å². The Hall–Kier alpha value is -1.05. The van der Waals surface area contributed by atoms with Crippen LogP contribution < -0.4 is 39.4 Å². The second kappa shape index (κ2) is 16.6. The van der Waals surface area contributed by atoms with Crippen molar-refractivity contribution in [3.63, 3.8) is 0 Å². The smallest absolute Gasteiger partial charge is 0.870 e. The first-order valence-electron chi connectivity index (χ1n) is 12.0. The Kier molecular flexibility index (Phi) is 15.0. The van der Waals surface area contributed by atoms with Crippen LogP contribution in [0.3, 0.4) is 0 Å². The molecule has 0 aliphatic rings. The molecular weight excluding hydrogens is 447 g/mol. The molecule has 7 heteroatoms. The first kappa shape index (κ1) is 30.0. The summed E-state index contributed by atoms with van der Waals surface area (Å²) < 4.78 is 38.2. The Morgan fingerprint density at radius 3 is 1.88 bits per heavy atom. The van der Waals surface area contributed by atoms with Crippen molar-refractivity contribution in [2.24, 2.45) is 0 Å². The van der Waals surface area contributed by atoms with Crippen molar-refractivity contribution in [3.05, 3.63) is 48.0 Å². The number of aryl methyl sites for hydroxylation is 1. The van der Waals surface area contributed by atoms with E-state index < -0.39 is 10.1 Å². The molecule has 33 heavy (non-hydrogen) atoms. The van der Waals surface area contributed by atoms with Gasteiger partial charge in [0.05, 0.1) is 4.90 Å². The van der Waals surface area contributed by atoms with E-state index in [1.807, 2.05) is 0 Å². The van der Waals surface area contributed by atoms with Gasteiger partial charge in [-0.15, -0.1) is 0 Å². The number of benzene rings is 2. The third-order valence-electron chi connectivity index (χ3n) is 5.71. The summed E-state index contributed by atoms with van der Waals surface area (Å²) in [5.74, 6) is 0.156. The van der Waals surface area contributed by atoms with E-state index >= 15 is 0 Å². The molecular formula is C26H37NaO5S. The molecule has 2 aromatic rings. The molecule has 0 aromatic heterocycles. The Labute approximate surface area is 222 Å². The van der Waals surface area contributed by atoms with Gasteiger partial charge in [0.1, 0.15) is 11.5 Å². The van der Waals surface area contributed by atoms with Crippen molar-refractivity contribution >= 4 is 10.1 Å². The molecule has 178 valence electrons. The summed E-state index contributed by atoms with van der Waals surface area (Å²) in [4.78, 5) is -0.241. The van der Waals surface area contributed by atoms with Gasteiger partial charge in [-0.1, -0.05) is 108 Å². The van der Waals surface area contributed by atoms with Crippen molar-refractivity contribution < 1.29 is 52.4 Å². The number of ether oxygens (including phenoxy) is 1. The van der Waals surface area contributed by atoms with Gasteiger partial charge in [0.2, 0.25) is 0 Å². The van der Waals surface area contributed by atoms with E-state index in [-0.39, 0.29) is 46.0 Å². The summed E-state index contributed by atoms with van der Waals surface area (Å²) in [7, 11) is -4.35. The van der Waals surface area contributed by atoms with Crippen molar-refractivity contribution in [3.8, 4) is 17.2 Å². The molecule has 2 aromatic carbocycles. The predicted octanol–water partition coefficient (Wildman–Crippen LogP) is 4.05. The van der Waals surface area contributed by atoms with Crippen LogP contribution in [0, 0.1) is 0 Å². The van der Waals surface area contributed by atoms with E-state index in [9.17, 15) is 18.1 Å². The summed E-state index contributed by atoms with van der Waals surface area (Å²) in [6.45, 7) is 2.24. The maximum absolute atomic E-state index is 12.0. The predicted molar refractivity (Wildman–Crippen MR) is 127 cm³/mol. The van der Waals surface area contributed by atoms with Crippen molar-refractivity contribution in [1.82, 2.24) is 0 Å². The van der Waals surface area contributed by atoms with Crippen LogP contribution in [0.2, 0.25) is 0 Å². The zero-order valence-corrected chi connectivity index (χ0v) is 23.0. The van der Waals surface area contributed by atoms with Crippen LogP contribution in [0.4, 0.5) is 0 Å². The van der Waals surface area contributed by atoms with Gasteiger partial charge in [-0.05, 0) is 30.5 Å². The molecule has 0 atom stereocenters. The van der Waals surface area contributed by atoms with Crippen LogP contribution in [0.1, 0.15) is 89.5 Å². The van der Waals surface area contributed by atoms with Gasteiger partial charge in [-0.2, -0.15) is 8.42 Å². The minimum Gasteiger partial charge on any atom is -0.870 e. The van der Waals surface area contributed by atoms with E-state index in [4.69, 9.17) is 4.74 Å². The average molecular weight is 485 g/mol. The molecule has 0 heterocycles. The van der Waals surface area contributed by atoms with E-state index in [1.165, 1.54) is 82.4 Å². The second-order valence-corrected chi connectivity index (χ2v) is 9.85. The topological polar surface area (TPSA) is 86.7 Å². The van der Waals surface area contributed by atoms with Crippen LogP contribution in [0.5, 0.6) is 17.2 Å². The summed E-state index contributed by atoms with van der Waals surface area (Å²) in [5, 5.41) is 12.0. The number of hydrogen-bond donors (Lipinski definition) is 1. The van der Waals surface area contributed by atoms with E-state index in [0.717, 1.165) is 24.8 Å². The number of unbranched alkanes of at least 4 members (excludes halogenated alkanes) is 11. The molecule has 5 nitrogen and oxygen atoms in total. The SMILES string of the molecule is CCCCCCCCCCCCCCc1ccc(S(=O)(=O)O)cc1Oc1ccccc1[O-].[Na+]. The number of para-hydroxylation sites is 2. The Morgan fingerprint density at radius 2 is 1.33 bits per heavy atom. The van der Waals surface area contributed by atoms with Crippen molar-refractivity contribution in [2.45, 2.75) is 95.3 Å². The van der Waals surface area contributed by atoms with Gasteiger partial charge in [-0.3, -0.25) is 4.55 Å². The first-order valence-corrected chi connectivity index (χ1v) is 13.4.